The SMILES string of the molecule is C=C(Nc1cc(C2CCN(CCNC)CC2)cc(C)c1CC)c1ccc(-c2ccc(Cl)cc2)o1. The van der Waals surface area contributed by atoms with E-state index in [-0.39, 0.29) is 0 Å². The van der Waals surface area contributed by atoms with E-state index in [1.54, 1.807) is 0 Å². The average molecular weight is 478 g/mol. The van der Waals surface area contributed by atoms with E-state index in [1.165, 1.54) is 29.5 Å². The van der Waals surface area contributed by atoms with Crippen molar-refractivity contribution in [1.82, 2.24) is 10.2 Å². The summed E-state index contributed by atoms with van der Waals surface area (Å²) in [5.74, 6) is 2.15. The third-order valence-electron chi connectivity index (χ3n) is 6.90. The zero-order chi connectivity index (χ0) is 24.1. The number of benzene rings is 2. The van der Waals surface area contributed by atoms with E-state index in [2.05, 4.69) is 48.1 Å². The lowest BCUT2D eigenvalue weighted by Gasteiger charge is -2.32. The number of hydrogen-bond donors (Lipinski definition) is 2. The molecule has 1 fully saturated rings. The Kier molecular flexibility index (Phi) is 8.15. The number of aryl methyl sites for hydroxylation is 1. The fourth-order valence-electron chi connectivity index (χ4n) is 4.91. The van der Waals surface area contributed by atoms with Crippen molar-refractivity contribution in [3.63, 3.8) is 0 Å². The smallest absolute Gasteiger partial charge is 0.150 e. The summed E-state index contributed by atoms with van der Waals surface area (Å²) in [6, 6.07) is 16.4. The van der Waals surface area contributed by atoms with Crippen LogP contribution in [0.1, 0.15) is 48.1 Å². The molecule has 0 aliphatic carbocycles. The largest absolute Gasteiger partial charge is 0.455 e. The number of furan rings is 1. The van der Waals surface area contributed by atoms with Gasteiger partial charge in [-0.1, -0.05) is 31.2 Å². The zero-order valence-corrected chi connectivity index (χ0v) is 21.3. The van der Waals surface area contributed by atoms with Gasteiger partial charge in [-0.3, -0.25) is 0 Å². The molecule has 0 radical (unpaired) electrons. The van der Waals surface area contributed by atoms with Gasteiger partial charge in [0.25, 0.3) is 0 Å². The summed E-state index contributed by atoms with van der Waals surface area (Å²) < 4.78 is 6.12. The summed E-state index contributed by atoms with van der Waals surface area (Å²) in [6.07, 6.45) is 3.38. The lowest BCUT2D eigenvalue weighted by Crippen LogP contribution is -2.37. The van der Waals surface area contributed by atoms with Gasteiger partial charge >= 0.3 is 0 Å². The number of hydrogen-bond acceptors (Lipinski definition) is 4. The second kappa shape index (κ2) is 11.3. The molecule has 180 valence electrons. The summed E-state index contributed by atoms with van der Waals surface area (Å²) in [4.78, 5) is 2.57. The van der Waals surface area contributed by atoms with Crippen LogP contribution < -0.4 is 10.6 Å². The molecule has 0 amide bonds. The van der Waals surface area contributed by atoms with Gasteiger partial charge in [-0.15, -0.1) is 0 Å². The first-order valence-corrected chi connectivity index (χ1v) is 12.7. The molecule has 0 saturated carbocycles. The van der Waals surface area contributed by atoms with Crippen LogP contribution in [0.2, 0.25) is 5.02 Å². The van der Waals surface area contributed by atoms with Gasteiger partial charge in [0.2, 0.25) is 0 Å². The van der Waals surface area contributed by atoms with Gasteiger partial charge < -0.3 is 20.0 Å². The number of likely N-dealkylation sites (N-methyl/N-ethyl adjacent to an activating group) is 1. The van der Waals surface area contributed by atoms with Crippen LogP contribution in [-0.2, 0) is 6.42 Å². The molecule has 3 aromatic rings. The number of likely N-dealkylation sites (tertiary alicyclic amines) is 1. The zero-order valence-electron chi connectivity index (χ0n) is 20.6. The maximum Gasteiger partial charge on any atom is 0.150 e. The summed E-state index contributed by atoms with van der Waals surface area (Å²) in [6.45, 7) is 13.2. The molecule has 34 heavy (non-hydrogen) atoms. The topological polar surface area (TPSA) is 40.4 Å². The van der Waals surface area contributed by atoms with Gasteiger partial charge in [0.15, 0.2) is 0 Å². The van der Waals surface area contributed by atoms with Crippen LogP contribution in [0.25, 0.3) is 17.0 Å². The van der Waals surface area contributed by atoms with Gasteiger partial charge in [-0.2, -0.15) is 0 Å². The molecule has 4 rings (SSSR count). The Morgan fingerprint density at radius 2 is 1.85 bits per heavy atom. The third kappa shape index (κ3) is 5.75. The molecule has 0 atom stereocenters. The second-order valence-electron chi connectivity index (χ2n) is 9.21. The van der Waals surface area contributed by atoms with E-state index in [0.717, 1.165) is 61.1 Å². The first-order chi connectivity index (χ1) is 16.5. The van der Waals surface area contributed by atoms with Crippen LogP contribution >= 0.6 is 11.6 Å². The van der Waals surface area contributed by atoms with Crippen molar-refractivity contribution in [2.24, 2.45) is 0 Å². The fourth-order valence-corrected chi connectivity index (χ4v) is 5.04. The normalized spacial score (nSPS) is 14.9. The quantitative estimate of drug-likeness (QED) is 0.349. The molecular formula is C29H36ClN3O. The Bertz CT molecular complexity index is 1110. The molecule has 1 aliphatic heterocycles. The lowest BCUT2D eigenvalue weighted by molar-refractivity contribution is 0.214. The molecule has 5 heteroatoms. The first kappa shape index (κ1) is 24.6. The summed E-state index contributed by atoms with van der Waals surface area (Å²) in [5.41, 5.74) is 7.02. The number of nitrogens with one attached hydrogen (secondary N) is 2. The molecular weight excluding hydrogens is 442 g/mol. The van der Waals surface area contributed by atoms with Gasteiger partial charge in [0, 0.05) is 29.4 Å². The molecule has 4 nitrogen and oxygen atoms in total. The number of rotatable bonds is 9. The highest BCUT2D eigenvalue weighted by Gasteiger charge is 2.22. The maximum absolute atomic E-state index is 6.12. The van der Waals surface area contributed by atoms with Crippen LogP contribution in [0.3, 0.4) is 0 Å². The minimum atomic E-state index is 0.601. The van der Waals surface area contributed by atoms with E-state index in [0.29, 0.717) is 10.9 Å². The van der Waals surface area contributed by atoms with Crippen LogP contribution in [0.4, 0.5) is 5.69 Å². The van der Waals surface area contributed by atoms with Crippen molar-refractivity contribution in [2.75, 3.05) is 38.5 Å². The number of anilines is 1. The van der Waals surface area contributed by atoms with Gasteiger partial charge in [-0.25, -0.2) is 0 Å². The molecule has 1 aliphatic rings. The molecule has 0 unspecified atom stereocenters. The van der Waals surface area contributed by atoms with Gasteiger partial charge in [0.1, 0.15) is 11.5 Å². The number of halogens is 1. The number of nitrogens with zero attached hydrogens (tertiary/aromatic N) is 1. The lowest BCUT2D eigenvalue weighted by atomic mass is 9.86. The third-order valence-corrected chi connectivity index (χ3v) is 7.16. The molecule has 2 N–H and O–H groups in total. The Hall–Kier alpha value is -2.53. The van der Waals surface area contributed by atoms with E-state index < -0.39 is 0 Å². The highest BCUT2D eigenvalue weighted by Crippen LogP contribution is 2.35. The van der Waals surface area contributed by atoms with Gasteiger partial charge in [0.05, 0.1) is 5.70 Å². The second-order valence-corrected chi connectivity index (χ2v) is 9.65. The maximum atomic E-state index is 6.12. The van der Waals surface area contributed by atoms with Crippen LogP contribution in [0.15, 0.2) is 59.5 Å². The van der Waals surface area contributed by atoms with Crippen molar-refractivity contribution in [2.45, 2.75) is 39.0 Å². The van der Waals surface area contributed by atoms with Crippen molar-refractivity contribution < 1.29 is 4.42 Å². The van der Waals surface area contributed by atoms with Crippen LogP contribution in [-0.4, -0.2) is 38.1 Å². The first-order valence-electron chi connectivity index (χ1n) is 12.3. The molecule has 2 heterocycles. The highest BCUT2D eigenvalue weighted by atomic mass is 35.5. The Balaban J connectivity index is 1.50. The Morgan fingerprint density at radius 1 is 1.12 bits per heavy atom. The minimum Gasteiger partial charge on any atom is -0.455 e. The molecule has 2 aromatic carbocycles. The Labute approximate surface area is 209 Å². The predicted octanol–water partition coefficient (Wildman–Crippen LogP) is 6.95. The van der Waals surface area contributed by atoms with Crippen LogP contribution in [0, 0.1) is 6.92 Å². The predicted molar refractivity (Wildman–Crippen MR) is 145 cm³/mol. The number of piperidine rings is 1. The molecule has 0 spiro atoms. The monoisotopic (exact) mass is 477 g/mol. The standard InChI is InChI=1S/C29H36ClN3O/c1-5-26-20(2)18-24(22-12-15-33(16-13-22)17-14-31-4)19-27(26)32-21(3)28-10-11-29(34-28)23-6-8-25(30)9-7-23/h6-11,18-19,22,31-32H,3,5,12-17H2,1-2,4H3. The van der Waals surface area contributed by atoms with Crippen molar-refractivity contribution in [3.8, 4) is 11.3 Å². The molecule has 0 bridgehead atoms. The highest BCUT2D eigenvalue weighted by molar-refractivity contribution is 6.30. The average Bonchev–Trinajstić information content (AvgIpc) is 3.34. The van der Waals surface area contributed by atoms with Crippen molar-refractivity contribution >= 4 is 23.0 Å². The van der Waals surface area contributed by atoms with Crippen molar-refractivity contribution in [1.29, 1.82) is 0 Å². The molecule has 1 saturated heterocycles. The van der Waals surface area contributed by atoms with E-state index in [1.807, 2.05) is 43.4 Å². The minimum absolute atomic E-state index is 0.601. The summed E-state index contributed by atoms with van der Waals surface area (Å²) >= 11 is 6.02. The van der Waals surface area contributed by atoms with Crippen LogP contribution in [0.5, 0.6) is 0 Å². The van der Waals surface area contributed by atoms with E-state index >= 15 is 0 Å². The summed E-state index contributed by atoms with van der Waals surface area (Å²) in [5, 5.41) is 7.55. The molecule has 1 aromatic heterocycles. The van der Waals surface area contributed by atoms with Gasteiger partial charge in [-0.05, 0) is 111 Å². The van der Waals surface area contributed by atoms with E-state index in [4.69, 9.17) is 16.0 Å². The summed E-state index contributed by atoms with van der Waals surface area (Å²) in [7, 11) is 2.02. The van der Waals surface area contributed by atoms with E-state index in [9.17, 15) is 0 Å². The van der Waals surface area contributed by atoms with Crippen molar-refractivity contribution in [3.05, 3.63) is 82.6 Å². The Morgan fingerprint density at radius 3 is 2.53 bits per heavy atom. The fraction of sp³-hybridized carbons (Fsp3) is 0.379.